The van der Waals surface area contributed by atoms with Gasteiger partial charge in [0.1, 0.15) is 0 Å². The molecule has 8 heteroatoms. The Morgan fingerprint density at radius 1 is 0.917 bits per heavy atom. The van der Waals surface area contributed by atoms with Crippen LogP contribution in [0.2, 0.25) is 11.1 Å². The summed E-state index contributed by atoms with van der Waals surface area (Å²) in [6.45, 7) is 17.1. The molecule has 0 bridgehead atoms. The fourth-order valence-electron chi connectivity index (χ4n) is 11.3. The molecule has 272 valence electrons. The second kappa shape index (κ2) is 15.5. The van der Waals surface area contributed by atoms with Gasteiger partial charge in [-0.3, -0.25) is 4.79 Å². The van der Waals surface area contributed by atoms with E-state index in [1.807, 2.05) is 18.2 Å². The summed E-state index contributed by atoms with van der Waals surface area (Å²) < 4.78 is 18.8. The van der Waals surface area contributed by atoms with Gasteiger partial charge in [0, 0.05) is 30.7 Å². The van der Waals surface area contributed by atoms with Crippen molar-refractivity contribution >= 4 is 14.5 Å². The van der Waals surface area contributed by atoms with Gasteiger partial charge in [-0.2, -0.15) is 0 Å². The number of hydrogen-bond acceptors (Lipinski definition) is 7. The van der Waals surface area contributed by atoms with Crippen LogP contribution in [0.5, 0.6) is 0 Å². The standard InChI is InChI=1S/C40H66O7Si/c1-26(2)48(27(3)4,46-21-11-20-45-25-29-12-9-8-10-13-29)47-37(44)17-14-28(5)32-15-16-33-38-34(24-36(43)40(32,33)7)39(6)19-18-31(41)22-30(39)23-35(38)42/h8-10,12-13,26-28,30-36,38,41-43H,11,14-25H2,1-7H3/t28-,30+,31-,32-,33+,34+,35-,36+,38+,39+,40-/m1/s1. The number of benzene rings is 1. The van der Waals surface area contributed by atoms with Crippen molar-refractivity contribution in [1.29, 1.82) is 0 Å². The molecule has 4 fully saturated rings. The number of carbonyl (C=O) groups excluding carboxylic acids is 1. The summed E-state index contributed by atoms with van der Waals surface area (Å²) in [5.74, 6) is 1.46. The summed E-state index contributed by atoms with van der Waals surface area (Å²) in [7, 11) is -2.84. The molecule has 0 heterocycles. The summed E-state index contributed by atoms with van der Waals surface area (Å²) in [5.41, 5.74) is 1.20. The molecule has 5 rings (SSSR count). The van der Waals surface area contributed by atoms with Crippen molar-refractivity contribution in [2.75, 3.05) is 13.2 Å². The monoisotopic (exact) mass is 686 g/mol. The Morgan fingerprint density at radius 2 is 1.62 bits per heavy atom. The van der Waals surface area contributed by atoms with Crippen molar-refractivity contribution in [3.63, 3.8) is 0 Å². The zero-order valence-corrected chi connectivity index (χ0v) is 31.9. The average molecular weight is 687 g/mol. The molecule has 4 aliphatic rings. The van der Waals surface area contributed by atoms with E-state index in [4.69, 9.17) is 13.6 Å². The quantitative estimate of drug-likeness (QED) is 0.136. The molecule has 0 aliphatic heterocycles. The van der Waals surface area contributed by atoms with Gasteiger partial charge in [0.2, 0.25) is 0 Å². The molecule has 3 N–H and O–H groups in total. The summed E-state index contributed by atoms with van der Waals surface area (Å²) in [5, 5.41) is 34.0. The van der Waals surface area contributed by atoms with Crippen LogP contribution in [-0.4, -0.2) is 61.4 Å². The van der Waals surface area contributed by atoms with Crippen LogP contribution in [0, 0.1) is 46.3 Å². The molecule has 0 aromatic heterocycles. The maximum absolute atomic E-state index is 13.5. The highest BCUT2D eigenvalue weighted by Crippen LogP contribution is 2.68. The fourth-order valence-corrected chi connectivity index (χ4v) is 14.8. The first-order valence-corrected chi connectivity index (χ1v) is 21.2. The highest BCUT2D eigenvalue weighted by molar-refractivity contribution is 6.71. The average Bonchev–Trinajstić information content (AvgIpc) is 3.40. The van der Waals surface area contributed by atoms with Crippen molar-refractivity contribution in [1.82, 2.24) is 0 Å². The minimum atomic E-state index is -2.84. The highest BCUT2D eigenvalue weighted by Gasteiger charge is 2.65. The van der Waals surface area contributed by atoms with E-state index in [2.05, 4.69) is 60.6 Å². The van der Waals surface area contributed by atoms with E-state index in [9.17, 15) is 20.1 Å². The molecule has 4 aliphatic carbocycles. The molecular weight excluding hydrogens is 621 g/mol. The molecule has 4 saturated carbocycles. The molecule has 0 saturated heterocycles. The summed E-state index contributed by atoms with van der Waals surface area (Å²) in [4.78, 5) is 13.5. The SMILES string of the molecule is CC(C)[Si](OCCCOCc1ccccc1)(OC(=O)CC[C@@H](C)[C@H]1CC[C@H]2[C@@H]3[C@H](O)C[C@@H]4C[C@H](O)CC[C@]4(C)[C@H]3C[C@H](O)[C@]12C)C(C)C. The third-order valence-electron chi connectivity index (χ3n) is 14.1. The van der Waals surface area contributed by atoms with Crippen LogP contribution >= 0.6 is 0 Å². The van der Waals surface area contributed by atoms with Crippen LogP contribution in [0.3, 0.4) is 0 Å². The lowest BCUT2D eigenvalue weighted by Crippen LogP contribution is -2.62. The minimum Gasteiger partial charge on any atom is -0.494 e. The zero-order valence-electron chi connectivity index (χ0n) is 30.9. The molecule has 48 heavy (non-hydrogen) atoms. The van der Waals surface area contributed by atoms with Gasteiger partial charge in [-0.25, -0.2) is 0 Å². The number of aliphatic hydroxyl groups is 3. The van der Waals surface area contributed by atoms with E-state index in [-0.39, 0.29) is 63.8 Å². The van der Waals surface area contributed by atoms with E-state index in [1.54, 1.807) is 0 Å². The number of rotatable bonds is 14. The Balaban J connectivity index is 1.16. The lowest BCUT2D eigenvalue weighted by Gasteiger charge is -2.63. The topological polar surface area (TPSA) is 105 Å². The molecule has 1 aromatic rings. The normalized spacial score (nSPS) is 37.2. The van der Waals surface area contributed by atoms with E-state index < -0.39 is 14.7 Å². The Labute approximate surface area is 291 Å². The van der Waals surface area contributed by atoms with Crippen LogP contribution in [0.1, 0.15) is 118 Å². The first-order valence-electron chi connectivity index (χ1n) is 19.3. The number of carbonyl (C=O) groups is 1. The van der Waals surface area contributed by atoms with Gasteiger partial charge in [0.25, 0.3) is 5.97 Å². The lowest BCUT2D eigenvalue weighted by atomic mass is 9.43. The molecular formula is C40H66O7Si. The third-order valence-corrected chi connectivity index (χ3v) is 18.5. The predicted octanol–water partition coefficient (Wildman–Crippen LogP) is 7.79. The van der Waals surface area contributed by atoms with Gasteiger partial charge in [0.05, 0.1) is 24.9 Å². The largest absolute Gasteiger partial charge is 0.494 e. The summed E-state index contributed by atoms with van der Waals surface area (Å²) in [6, 6.07) is 10.2. The van der Waals surface area contributed by atoms with Crippen molar-refractivity contribution < 1.29 is 33.7 Å². The first-order chi connectivity index (χ1) is 22.7. The van der Waals surface area contributed by atoms with Crippen LogP contribution in [0.4, 0.5) is 0 Å². The molecule has 1 aromatic carbocycles. The lowest BCUT2D eigenvalue weighted by molar-refractivity contribution is -0.207. The Morgan fingerprint density at radius 3 is 2.31 bits per heavy atom. The van der Waals surface area contributed by atoms with Crippen molar-refractivity contribution in [3.05, 3.63) is 35.9 Å². The minimum absolute atomic E-state index is 0.0688. The number of fused-ring (bicyclic) bond motifs is 5. The molecule has 0 unspecified atom stereocenters. The van der Waals surface area contributed by atoms with E-state index in [0.717, 1.165) is 63.4 Å². The Kier molecular flexibility index (Phi) is 12.3. The van der Waals surface area contributed by atoms with Gasteiger partial charge >= 0.3 is 8.56 Å². The van der Waals surface area contributed by atoms with E-state index >= 15 is 0 Å². The van der Waals surface area contributed by atoms with Crippen LogP contribution in [0.25, 0.3) is 0 Å². The van der Waals surface area contributed by atoms with Gasteiger partial charge < -0.3 is 28.9 Å². The van der Waals surface area contributed by atoms with Gasteiger partial charge in [-0.15, -0.1) is 0 Å². The highest BCUT2D eigenvalue weighted by atomic mass is 28.4. The van der Waals surface area contributed by atoms with Crippen molar-refractivity contribution in [3.8, 4) is 0 Å². The maximum Gasteiger partial charge on any atom is 0.406 e. The smallest absolute Gasteiger partial charge is 0.406 e. The summed E-state index contributed by atoms with van der Waals surface area (Å²) in [6.07, 6.45) is 6.88. The molecule has 7 nitrogen and oxygen atoms in total. The van der Waals surface area contributed by atoms with E-state index in [1.165, 1.54) is 0 Å². The predicted molar refractivity (Wildman–Crippen MR) is 191 cm³/mol. The molecule has 0 spiro atoms. The molecule has 11 atom stereocenters. The fraction of sp³-hybridized carbons (Fsp3) is 0.825. The second-order valence-corrected chi connectivity index (χ2v) is 21.5. The number of hydrogen-bond donors (Lipinski definition) is 3. The Bertz CT molecular complexity index is 1190. The van der Waals surface area contributed by atoms with Gasteiger partial charge in [0.15, 0.2) is 0 Å². The van der Waals surface area contributed by atoms with E-state index in [0.29, 0.717) is 38.1 Å². The zero-order chi connectivity index (χ0) is 34.9. The number of ether oxygens (including phenoxy) is 1. The van der Waals surface area contributed by atoms with Crippen molar-refractivity contribution in [2.24, 2.45) is 46.3 Å². The number of aliphatic hydroxyl groups excluding tert-OH is 3. The third kappa shape index (κ3) is 7.36. The second-order valence-electron chi connectivity index (χ2n) is 17.3. The molecule has 0 amide bonds. The van der Waals surface area contributed by atoms with Crippen molar-refractivity contribution in [2.45, 2.75) is 149 Å². The summed E-state index contributed by atoms with van der Waals surface area (Å²) >= 11 is 0. The van der Waals surface area contributed by atoms with Crippen LogP contribution in [-0.2, 0) is 25.0 Å². The van der Waals surface area contributed by atoms with Crippen LogP contribution in [0.15, 0.2) is 30.3 Å². The molecule has 0 radical (unpaired) electrons. The first kappa shape index (κ1) is 37.9. The Hall–Kier alpha value is -1.29. The van der Waals surface area contributed by atoms with Gasteiger partial charge in [-0.1, -0.05) is 78.8 Å². The van der Waals surface area contributed by atoms with Gasteiger partial charge in [-0.05, 0) is 110 Å². The maximum atomic E-state index is 13.5. The van der Waals surface area contributed by atoms with Crippen LogP contribution < -0.4 is 0 Å².